The molecule has 28 heavy (non-hydrogen) atoms. The standard InChI is InChI=1S/C21H23Cl2N3O2/c22-18-5-1-3-14(7-18)10-25-20(27)16-9-17(13-24-12-16)21(28)26-11-15-4-2-6-19(23)8-15/h1-8,16-17,24H,9-13H2,(H,25,27)(H,26,28). The zero-order valence-electron chi connectivity index (χ0n) is 15.4. The Morgan fingerprint density at radius 1 is 0.857 bits per heavy atom. The summed E-state index contributed by atoms with van der Waals surface area (Å²) in [7, 11) is 0. The highest BCUT2D eigenvalue weighted by atomic mass is 35.5. The predicted octanol–water partition coefficient (Wildman–Crippen LogP) is 3.15. The molecular formula is C21H23Cl2N3O2. The summed E-state index contributed by atoms with van der Waals surface area (Å²) in [5.74, 6) is -0.593. The summed E-state index contributed by atoms with van der Waals surface area (Å²) in [6, 6.07) is 14.8. The van der Waals surface area contributed by atoms with Crippen molar-refractivity contribution >= 4 is 35.0 Å². The van der Waals surface area contributed by atoms with Gasteiger partial charge in [0.1, 0.15) is 0 Å². The molecule has 2 aromatic carbocycles. The van der Waals surface area contributed by atoms with Crippen molar-refractivity contribution in [3.05, 3.63) is 69.7 Å². The first-order chi connectivity index (χ1) is 13.5. The van der Waals surface area contributed by atoms with Crippen LogP contribution in [0.25, 0.3) is 0 Å². The van der Waals surface area contributed by atoms with Gasteiger partial charge in [0.15, 0.2) is 0 Å². The number of nitrogens with one attached hydrogen (secondary N) is 3. The molecule has 1 aliphatic rings. The summed E-state index contributed by atoms with van der Waals surface area (Å²) in [4.78, 5) is 25.0. The molecule has 0 spiro atoms. The Hall–Kier alpha value is -2.08. The normalized spacial score (nSPS) is 19.1. The maximum atomic E-state index is 12.5. The van der Waals surface area contributed by atoms with Gasteiger partial charge >= 0.3 is 0 Å². The lowest BCUT2D eigenvalue weighted by Gasteiger charge is -2.28. The van der Waals surface area contributed by atoms with Crippen molar-refractivity contribution in [1.29, 1.82) is 0 Å². The van der Waals surface area contributed by atoms with Crippen LogP contribution in [-0.2, 0) is 22.7 Å². The molecule has 1 heterocycles. The summed E-state index contributed by atoms with van der Waals surface area (Å²) in [6.07, 6.45) is 0.524. The molecule has 1 saturated heterocycles. The van der Waals surface area contributed by atoms with Gasteiger partial charge in [-0.05, 0) is 41.8 Å². The van der Waals surface area contributed by atoms with Gasteiger partial charge in [-0.1, -0.05) is 47.5 Å². The predicted molar refractivity (Wildman–Crippen MR) is 111 cm³/mol. The molecule has 3 N–H and O–H groups in total. The van der Waals surface area contributed by atoms with E-state index in [0.717, 1.165) is 11.1 Å². The van der Waals surface area contributed by atoms with Crippen molar-refractivity contribution in [2.24, 2.45) is 11.8 Å². The van der Waals surface area contributed by atoms with Gasteiger partial charge in [-0.3, -0.25) is 9.59 Å². The van der Waals surface area contributed by atoms with Crippen LogP contribution in [0.2, 0.25) is 10.0 Å². The van der Waals surface area contributed by atoms with E-state index >= 15 is 0 Å². The van der Waals surface area contributed by atoms with E-state index in [4.69, 9.17) is 23.2 Å². The molecule has 0 radical (unpaired) electrons. The molecular weight excluding hydrogens is 397 g/mol. The fourth-order valence-corrected chi connectivity index (χ4v) is 3.73. The van der Waals surface area contributed by atoms with Crippen LogP contribution in [0.4, 0.5) is 0 Å². The van der Waals surface area contributed by atoms with Gasteiger partial charge in [0.25, 0.3) is 0 Å². The fraction of sp³-hybridized carbons (Fsp3) is 0.333. The number of hydrogen-bond donors (Lipinski definition) is 3. The van der Waals surface area contributed by atoms with E-state index < -0.39 is 0 Å². The molecule has 0 aromatic heterocycles. The average Bonchev–Trinajstić information content (AvgIpc) is 2.70. The van der Waals surface area contributed by atoms with Gasteiger partial charge < -0.3 is 16.0 Å². The Balaban J connectivity index is 1.48. The SMILES string of the molecule is O=C(NCc1cccc(Cl)c1)C1CNCC(C(=O)NCc2cccc(Cl)c2)C1. The molecule has 3 rings (SSSR count). The monoisotopic (exact) mass is 419 g/mol. The van der Waals surface area contributed by atoms with Crippen molar-refractivity contribution < 1.29 is 9.59 Å². The summed E-state index contributed by atoms with van der Waals surface area (Å²) >= 11 is 11.9. The van der Waals surface area contributed by atoms with Gasteiger partial charge in [-0.25, -0.2) is 0 Å². The van der Waals surface area contributed by atoms with Crippen molar-refractivity contribution in [1.82, 2.24) is 16.0 Å². The quantitative estimate of drug-likeness (QED) is 0.673. The van der Waals surface area contributed by atoms with Crippen LogP contribution in [0.5, 0.6) is 0 Å². The van der Waals surface area contributed by atoms with E-state index in [1.54, 1.807) is 12.1 Å². The molecule has 2 unspecified atom stereocenters. The van der Waals surface area contributed by atoms with E-state index in [9.17, 15) is 9.59 Å². The molecule has 0 aliphatic carbocycles. The van der Waals surface area contributed by atoms with Gasteiger partial charge in [-0.2, -0.15) is 0 Å². The Bertz CT molecular complexity index is 776. The van der Waals surface area contributed by atoms with Gasteiger partial charge in [-0.15, -0.1) is 0 Å². The lowest BCUT2D eigenvalue weighted by atomic mass is 9.89. The van der Waals surface area contributed by atoms with Crippen LogP contribution >= 0.6 is 23.2 Å². The second-order valence-corrected chi connectivity index (χ2v) is 7.86. The molecule has 2 aromatic rings. The molecule has 2 atom stereocenters. The Morgan fingerprint density at radius 2 is 1.32 bits per heavy atom. The van der Waals surface area contributed by atoms with E-state index in [1.165, 1.54) is 0 Å². The lowest BCUT2D eigenvalue weighted by molar-refractivity contribution is -0.129. The molecule has 0 bridgehead atoms. The van der Waals surface area contributed by atoms with E-state index in [-0.39, 0.29) is 23.7 Å². The summed E-state index contributed by atoms with van der Waals surface area (Å²) in [6.45, 7) is 1.97. The molecule has 2 amide bonds. The number of piperidine rings is 1. The van der Waals surface area contributed by atoms with E-state index in [1.807, 2.05) is 36.4 Å². The summed E-state index contributed by atoms with van der Waals surface area (Å²) in [5.41, 5.74) is 1.89. The maximum absolute atomic E-state index is 12.5. The molecule has 1 fully saturated rings. The topological polar surface area (TPSA) is 70.2 Å². The van der Waals surface area contributed by atoms with Crippen LogP contribution in [-0.4, -0.2) is 24.9 Å². The summed E-state index contributed by atoms with van der Waals surface area (Å²) < 4.78 is 0. The highest BCUT2D eigenvalue weighted by Crippen LogP contribution is 2.18. The van der Waals surface area contributed by atoms with Crippen LogP contribution in [0.1, 0.15) is 17.5 Å². The molecule has 148 valence electrons. The molecule has 0 saturated carbocycles. The largest absolute Gasteiger partial charge is 0.352 e. The highest BCUT2D eigenvalue weighted by molar-refractivity contribution is 6.30. The Morgan fingerprint density at radius 3 is 1.75 bits per heavy atom. The Labute approximate surface area is 174 Å². The fourth-order valence-electron chi connectivity index (χ4n) is 3.30. The van der Waals surface area contributed by atoms with E-state index in [0.29, 0.717) is 42.6 Å². The number of rotatable bonds is 6. The number of benzene rings is 2. The van der Waals surface area contributed by atoms with Crippen LogP contribution < -0.4 is 16.0 Å². The minimum Gasteiger partial charge on any atom is -0.352 e. The van der Waals surface area contributed by atoms with Gasteiger partial charge in [0, 0.05) is 36.2 Å². The second-order valence-electron chi connectivity index (χ2n) is 6.98. The molecule has 5 nitrogen and oxygen atoms in total. The van der Waals surface area contributed by atoms with Gasteiger partial charge in [0.05, 0.1) is 11.8 Å². The molecule has 1 aliphatic heterocycles. The second kappa shape index (κ2) is 9.92. The zero-order chi connectivity index (χ0) is 19.9. The first-order valence-electron chi connectivity index (χ1n) is 9.26. The van der Waals surface area contributed by atoms with Crippen LogP contribution in [0, 0.1) is 11.8 Å². The minimum atomic E-state index is -0.241. The maximum Gasteiger partial charge on any atom is 0.224 e. The number of amides is 2. The third-order valence-corrected chi connectivity index (χ3v) is 5.27. The zero-order valence-corrected chi connectivity index (χ0v) is 16.9. The molecule has 7 heteroatoms. The van der Waals surface area contributed by atoms with E-state index in [2.05, 4.69) is 16.0 Å². The first-order valence-corrected chi connectivity index (χ1v) is 10.0. The lowest BCUT2D eigenvalue weighted by Crippen LogP contribution is -2.48. The number of carbonyl (C=O) groups excluding carboxylic acids is 2. The van der Waals surface area contributed by atoms with Crippen molar-refractivity contribution in [2.45, 2.75) is 19.5 Å². The third-order valence-electron chi connectivity index (χ3n) is 4.80. The smallest absolute Gasteiger partial charge is 0.224 e. The van der Waals surface area contributed by atoms with Crippen molar-refractivity contribution in [3.8, 4) is 0 Å². The summed E-state index contributed by atoms with van der Waals surface area (Å²) in [5, 5.41) is 10.4. The van der Waals surface area contributed by atoms with Crippen LogP contribution in [0.15, 0.2) is 48.5 Å². The number of carbonyl (C=O) groups is 2. The number of halogens is 2. The Kier molecular flexibility index (Phi) is 7.31. The average molecular weight is 420 g/mol. The van der Waals surface area contributed by atoms with Crippen molar-refractivity contribution in [2.75, 3.05) is 13.1 Å². The highest BCUT2D eigenvalue weighted by Gasteiger charge is 2.30. The third kappa shape index (κ3) is 5.96. The van der Waals surface area contributed by atoms with Crippen LogP contribution in [0.3, 0.4) is 0 Å². The first kappa shape index (κ1) is 20.6. The van der Waals surface area contributed by atoms with Crippen molar-refractivity contribution in [3.63, 3.8) is 0 Å². The number of hydrogen-bond acceptors (Lipinski definition) is 3. The van der Waals surface area contributed by atoms with Gasteiger partial charge in [0.2, 0.25) is 11.8 Å². The minimum absolute atomic E-state index is 0.0557.